The number of nitrogens with zero attached hydrogens (tertiary/aromatic N) is 4. The van der Waals surface area contributed by atoms with Gasteiger partial charge in [-0.1, -0.05) is 0 Å². The summed E-state index contributed by atoms with van der Waals surface area (Å²) in [5, 5.41) is 0. The molecule has 1 aliphatic heterocycles. The van der Waals surface area contributed by atoms with Gasteiger partial charge in [0, 0.05) is 51.2 Å². The number of carbonyl (C=O) groups excluding carboxylic acids is 1. The average Bonchev–Trinajstić information content (AvgIpc) is 2.74. The summed E-state index contributed by atoms with van der Waals surface area (Å²) in [5.41, 5.74) is -2.66. The maximum Gasteiger partial charge on any atom is 0.421 e. The van der Waals surface area contributed by atoms with Gasteiger partial charge in [0.15, 0.2) is 0 Å². The number of aromatic nitrogens is 3. The van der Waals surface area contributed by atoms with Gasteiger partial charge in [-0.05, 0) is 18.6 Å². The molecule has 0 aromatic carbocycles. The number of amides is 1. The van der Waals surface area contributed by atoms with Gasteiger partial charge in [-0.2, -0.15) is 13.2 Å². The lowest BCUT2D eigenvalue weighted by atomic mass is 10.1. The van der Waals surface area contributed by atoms with Crippen LogP contribution < -0.4 is 10.5 Å². The fourth-order valence-corrected chi connectivity index (χ4v) is 3.17. The quantitative estimate of drug-likeness (QED) is 0.689. The number of ether oxygens (including phenoxy) is 1. The van der Waals surface area contributed by atoms with Crippen molar-refractivity contribution in [2.45, 2.75) is 32.1 Å². The van der Waals surface area contributed by atoms with Crippen LogP contribution in [0.2, 0.25) is 0 Å². The highest BCUT2D eigenvalue weighted by atomic mass is 19.4. The maximum atomic E-state index is 12.9. The Morgan fingerprint density at radius 1 is 1.19 bits per heavy atom. The summed E-state index contributed by atoms with van der Waals surface area (Å²) in [6, 6.07) is 0.737. The highest BCUT2D eigenvalue weighted by molar-refractivity contribution is 5.68. The second kappa shape index (κ2) is 9.49. The number of anilines is 1. The van der Waals surface area contributed by atoms with Gasteiger partial charge in [0.1, 0.15) is 11.7 Å². The van der Waals surface area contributed by atoms with Crippen LogP contribution in [-0.2, 0) is 17.3 Å². The minimum absolute atomic E-state index is 0.0180. The standard InChI is InChI=1S/C19H20F5N5O3/c1-11(6-12-7-14(19(22,23)24)16(30)25-8-12)32-18(31)29-4-2-28(3-5-29)17-26-9-13(10-27-17)15(20)21/h7-11,15H,2-6H2,1H3,(H,25,30)/t11-/m0/s1. The molecule has 1 fully saturated rings. The van der Waals surface area contributed by atoms with Gasteiger partial charge in [0.2, 0.25) is 5.95 Å². The van der Waals surface area contributed by atoms with Crippen LogP contribution in [-0.4, -0.2) is 58.2 Å². The third-order valence-electron chi connectivity index (χ3n) is 4.82. The zero-order chi connectivity index (χ0) is 23.5. The number of rotatable bonds is 5. The van der Waals surface area contributed by atoms with E-state index in [2.05, 4.69) is 9.97 Å². The van der Waals surface area contributed by atoms with E-state index in [0.717, 1.165) is 24.7 Å². The number of H-pyrrole nitrogens is 1. The Morgan fingerprint density at radius 2 is 1.81 bits per heavy atom. The fourth-order valence-electron chi connectivity index (χ4n) is 3.17. The summed E-state index contributed by atoms with van der Waals surface area (Å²) in [6.45, 7) is 2.77. The molecule has 3 heterocycles. The Hall–Kier alpha value is -3.25. The van der Waals surface area contributed by atoms with Crippen LogP contribution >= 0.6 is 0 Å². The molecule has 8 nitrogen and oxygen atoms in total. The molecule has 1 N–H and O–H groups in total. The van der Waals surface area contributed by atoms with Gasteiger partial charge in [-0.25, -0.2) is 23.5 Å². The van der Waals surface area contributed by atoms with Crippen LogP contribution in [0.4, 0.5) is 32.7 Å². The Morgan fingerprint density at radius 3 is 2.38 bits per heavy atom. The Balaban J connectivity index is 1.52. The molecule has 0 radical (unpaired) electrons. The largest absolute Gasteiger partial charge is 0.446 e. The molecule has 1 aliphatic rings. The monoisotopic (exact) mass is 461 g/mol. The van der Waals surface area contributed by atoms with Gasteiger partial charge in [-0.15, -0.1) is 0 Å². The van der Waals surface area contributed by atoms with Crippen molar-refractivity contribution in [3.8, 4) is 0 Å². The Kier molecular flexibility index (Phi) is 6.94. The zero-order valence-electron chi connectivity index (χ0n) is 16.9. The van der Waals surface area contributed by atoms with Crippen molar-refractivity contribution < 1.29 is 31.5 Å². The molecule has 2 aromatic heterocycles. The van der Waals surface area contributed by atoms with Crippen LogP contribution in [0.5, 0.6) is 0 Å². The van der Waals surface area contributed by atoms with E-state index >= 15 is 0 Å². The van der Waals surface area contributed by atoms with Crippen molar-refractivity contribution in [3.05, 3.63) is 51.7 Å². The minimum Gasteiger partial charge on any atom is -0.446 e. The minimum atomic E-state index is -4.79. The van der Waals surface area contributed by atoms with E-state index in [1.54, 1.807) is 4.90 Å². The van der Waals surface area contributed by atoms with Gasteiger partial charge < -0.3 is 19.5 Å². The number of hydrogen-bond acceptors (Lipinski definition) is 6. The number of halogens is 5. The first kappa shape index (κ1) is 23.4. The molecule has 0 unspecified atom stereocenters. The van der Waals surface area contributed by atoms with Crippen LogP contribution in [0, 0.1) is 0 Å². The molecule has 1 atom stereocenters. The predicted molar refractivity (Wildman–Crippen MR) is 102 cm³/mol. The van der Waals surface area contributed by atoms with Gasteiger partial charge in [0.25, 0.3) is 12.0 Å². The van der Waals surface area contributed by atoms with E-state index in [1.807, 2.05) is 4.98 Å². The molecular formula is C19H20F5N5O3. The summed E-state index contributed by atoms with van der Waals surface area (Å²) in [4.78, 5) is 36.8. The molecular weight excluding hydrogens is 441 g/mol. The van der Waals surface area contributed by atoms with Crippen LogP contribution in [0.25, 0.3) is 0 Å². The highest BCUT2D eigenvalue weighted by Crippen LogP contribution is 2.27. The third kappa shape index (κ3) is 5.71. The summed E-state index contributed by atoms with van der Waals surface area (Å²) in [5.74, 6) is 0.273. The van der Waals surface area contributed by atoms with Crippen molar-refractivity contribution in [3.63, 3.8) is 0 Å². The molecule has 32 heavy (non-hydrogen) atoms. The van der Waals surface area contributed by atoms with Crippen molar-refractivity contribution in [1.82, 2.24) is 19.9 Å². The van der Waals surface area contributed by atoms with Crippen molar-refractivity contribution >= 4 is 12.0 Å². The van der Waals surface area contributed by atoms with E-state index in [0.29, 0.717) is 13.1 Å². The molecule has 13 heteroatoms. The number of carbonyl (C=O) groups is 1. The second-order valence-corrected chi connectivity index (χ2v) is 7.24. The van der Waals surface area contributed by atoms with E-state index in [-0.39, 0.29) is 36.6 Å². The van der Waals surface area contributed by atoms with Gasteiger partial charge in [0.05, 0.1) is 5.56 Å². The summed E-state index contributed by atoms with van der Waals surface area (Å²) in [6.07, 6.45) is -5.58. The molecule has 174 valence electrons. The number of aromatic amines is 1. The average molecular weight is 461 g/mol. The Labute approximate surface area is 179 Å². The molecule has 1 amide bonds. The lowest BCUT2D eigenvalue weighted by Crippen LogP contribution is -2.50. The fraction of sp³-hybridized carbons (Fsp3) is 0.474. The summed E-state index contributed by atoms with van der Waals surface area (Å²) < 4.78 is 69.1. The molecule has 0 spiro atoms. The number of piperazine rings is 1. The Bertz CT molecular complexity index is 988. The molecule has 3 rings (SSSR count). The first-order valence-corrected chi connectivity index (χ1v) is 9.64. The number of hydrogen-bond donors (Lipinski definition) is 1. The topological polar surface area (TPSA) is 91.4 Å². The third-order valence-corrected chi connectivity index (χ3v) is 4.82. The zero-order valence-corrected chi connectivity index (χ0v) is 16.9. The lowest BCUT2D eigenvalue weighted by Gasteiger charge is -2.34. The van der Waals surface area contributed by atoms with Crippen LogP contribution in [0.15, 0.2) is 29.5 Å². The second-order valence-electron chi connectivity index (χ2n) is 7.24. The molecule has 0 saturated carbocycles. The smallest absolute Gasteiger partial charge is 0.421 e. The first-order chi connectivity index (χ1) is 15.0. The van der Waals surface area contributed by atoms with Crippen LogP contribution in [0.1, 0.15) is 30.0 Å². The normalized spacial score (nSPS) is 15.7. The summed E-state index contributed by atoms with van der Waals surface area (Å²) in [7, 11) is 0. The molecule has 0 bridgehead atoms. The molecule has 0 aliphatic carbocycles. The van der Waals surface area contributed by atoms with E-state index in [1.165, 1.54) is 11.8 Å². The lowest BCUT2D eigenvalue weighted by molar-refractivity contribution is -0.138. The predicted octanol–water partition coefficient (Wildman–Crippen LogP) is 3.01. The summed E-state index contributed by atoms with van der Waals surface area (Å²) >= 11 is 0. The van der Waals surface area contributed by atoms with Crippen molar-refractivity contribution in [2.75, 3.05) is 31.1 Å². The number of pyridine rings is 1. The SMILES string of the molecule is C[C@@H](Cc1c[nH]c(=O)c(C(F)(F)F)c1)OC(=O)N1CCN(c2ncc(C(F)F)cn2)CC1. The maximum absolute atomic E-state index is 12.9. The van der Waals surface area contributed by atoms with Crippen molar-refractivity contribution in [2.24, 2.45) is 0 Å². The highest BCUT2D eigenvalue weighted by Gasteiger charge is 2.34. The van der Waals surface area contributed by atoms with Crippen LogP contribution in [0.3, 0.4) is 0 Å². The molecule has 1 saturated heterocycles. The molecule has 2 aromatic rings. The van der Waals surface area contributed by atoms with Gasteiger partial charge in [-0.3, -0.25) is 4.79 Å². The van der Waals surface area contributed by atoms with E-state index in [9.17, 15) is 31.5 Å². The van der Waals surface area contributed by atoms with E-state index in [4.69, 9.17) is 4.74 Å². The number of alkyl halides is 5. The first-order valence-electron chi connectivity index (χ1n) is 9.64. The van der Waals surface area contributed by atoms with E-state index < -0.39 is 35.9 Å². The number of nitrogens with one attached hydrogen (secondary N) is 1. The van der Waals surface area contributed by atoms with Crippen molar-refractivity contribution in [1.29, 1.82) is 0 Å². The van der Waals surface area contributed by atoms with Gasteiger partial charge >= 0.3 is 12.3 Å².